The first-order chi connectivity index (χ1) is 10.0. The summed E-state index contributed by atoms with van der Waals surface area (Å²) in [4.78, 5) is 0. The van der Waals surface area contributed by atoms with Crippen LogP contribution in [0.4, 0.5) is 0 Å². The third-order valence-electron chi connectivity index (χ3n) is 3.72. The van der Waals surface area contributed by atoms with E-state index in [0.29, 0.717) is 0 Å². The molecule has 1 unspecified atom stereocenters. The van der Waals surface area contributed by atoms with Crippen LogP contribution in [0, 0.1) is 13.8 Å². The molecular weight excluding hydrogens is 326 g/mol. The van der Waals surface area contributed by atoms with Gasteiger partial charge in [-0.25, -0.2) is 0 Å². The van der Waals surface area contributed by atoms with Crippen LogP contribution in [0.3, 0.4) is 0 Å². The van der Waals surface area contributed by atoms with Gasteiger partial charge in [-0.05, 0) is 62.7 Å². The summed E-state index contributed by atoms with van der Waals surface area (Å²) in [5.74, 6) is 1.82. The predicted molar refractivity (Wildman–Crippen MR) is 92.2 cm³/mol. The van der Waals surface area contributed by atoms with Gasteiger partial charge >= 0.3 is 0 Å². The Bertz CT molecular complexity index is 625. The molecular formula is C18H22BrNO. The minimum Gasteiger partial charge on any atom is -0.457 e. The molecule has 0 aliphatic rings. The lowest BCUT2D eigenvalue weighted by Gasteiger charge is -2.19. The van der Waals surface area contributed by atoms with E-state index in [-0.39, 0.29) is 6.04 Å². The second kappa shape index (κ2) is 7.10. The molecule has 0 bridgehead atoms. The summed E-state index contributed by atoms with van der Waals surface area (Å²) >= 11 is 3.54. The third kappa shape index (κ3) is 3.86. The molecule has 2 aromatic carbocycles. The van der Waals surface area contributed by atoms with Gasteiger partial charge in [-0.15, -0.1) is 0 Å². The van der Waals surface area contributed by atoms with Gasteiger partial charge in [0.1, 0.15) is 11.5 Å². The Labute approximate surface area is 135 Å². The van der Waals surface area contributed by atoms with Crippen LogP contribution in [0.1, 0.15) is 36.6 Å². The van der Waals surface area contributed by atoms with Crippen molar-refractivity contribution in [2.75, 3.05) is 6.54 Å². The van der Waals surface area contributed by atoms with Crippen molar-refractivity contribution < 1.29 is 4.74 Å². The number of rotatable bonds is 5. The number of benzene rings is 2. The zero-order chi connectivity index (χ0) is 15.4. The van der Waals surface area contributed by atoms with E-state index < -0.39 is 0 Å². The van der Waals surface area contributed by atoms with Gasteiger partial charge in [0, 0.05) is 16.1 Å². The average molecular weight is 348 g/mol. The molecule has 0 saturated heterocycles. The second-order valence-corrected chi connectivity index (χ2v) is 6.18. The fourth-order valence-electron chi connectivity index (χ4n) is 2.32. The maximum atomic E-state index is 6.18. The lowest BCUT2D eigenvalue weighted by atomic mass is 10.1. The third-order valence-corrected chi connectivity index (χ3v) is 4.22. The van der Waals surface area contributed by atoms with Crippen molar-refractivity contribution in [2.45, 2.75) is 33.7 Å². The Morgan fingerprint density at radius 3 is 2.62 bits per heavy atom. The number of aryl methyl sites for hydroxylation is 1. The first-order valence-corrected chi connectivity index (χ1v) is 8.09. The van der Waals surface area contributed by atoms with E-state index in [1.807, 2.05) is 24.3 Å². The Hall–Kier alpha value is -1.32. The van der Waals surface area contributed by atoms with Crippen molar-refractivity contribution in [3.05, 3.63) is 57.6 Å². The van der Waals surface area contributed by atoms with E-state index >= 15 is 0 Å². The largest absolute Gasteiger partial charge is 0.457 e. The van der Waals surface area contributed by atoms with Crippen LogP contribution in [0.2, 0.25) is 0 Å². The fourth-order valence-corrected chi connectivity index (χ4v) is 2.70. The van der Waals surface area contributed by atoms with Crippen LogP contribution in [0.15, 0.2) is 40.9 Å². The minimum absolute atomic E-state index is 0.243. The van der Waals surface area contributed by atoms with Crippen molar-refractivity contribution in [3.8, 4) is 11.5 Å². The number of halogens is 1. The second-order valence-electron chi connectivity index (χ2n) is 5.26. The Morgan fingerprint density at radius 1 is 1.14 bits per heavy atom. The van der Waals surface area contributed by atoms with Gasteiger partial charge in [-0.1, -0.05) is 35.0 Å². The van der Waals surface area contributed by atoms with Gasteiger partial charge in [0.2, 0.25) is 0 Å². The van der Waals surface area contributed by atoms with E-state index in [0.717, 1.165) is 28.1 Å². The van der Waals surface area contributed by atoms with E-state index in [9.17, 15) is 0 Å². The summed E-state index contributed by atoms with van der Waals surface area (Å²) in [7, 11) is 0. The first-order valence-electron chi connectivity index (χ1n) is 7.29. The Kier molecular flexibility index (Phi) is 5.43. The minimum atomic E-state index is 0.243. The molecule has 21 heavy (non-hydrogen) atoms. The van der Waals surface area contributed by atoms with Crippen molar-refractivity contribution in [2.24, 2.45) is 0 Å². The maximum Gasteiger partial charge on any atom is 0.132 e. The normalized spacial score (nSPS) is 12.2. The molecule has 112 valence electrons. The van der Waals surface area contributed by atoms with Gasteiger partial charge in [0.05, 0.1) is 0 Å². The number of hydrogen-bond acceptors (Lipinski definition) is 2. The lowest BCUT2D eigenvalue weighted by Crippen LogP contribution is -2.18. The van der Waals surface area contributed by atoms with Crippen LogP contribution < -0.4 is 10.1 Å². The molecule has 0 heterocycles. The molecule has 0 aliphatic heterocycles. The molecule has 0 aromatic heterocycles. The van der Waals surface area contributed by atoms with E-state index in [4.69, 9.17) is 4.74 Å². The van der Waals surface area contributed by atoms with Gasteiger partial charge in [0.15, 0.2) is 0 Å². The highest BCUT2D eigenvalue weighted by molar-refractivity contribution is 9.10. The number of nitrogens with one attached hydrogen (secondary N) is 1. The summed E-state index contributed by atoms with van der Waals surface area (Å²) < 4.78 is 7.25. The predicted octanol–water partition coefficient (Wildman–Crippen LogP) is 5.53. The fraction of sp³-hybridized carbons (Fsp3) is 0.333. The van der Waals surface area contributed by atoms with Crippen LogP contribution in [-0.4, -0.2) is 6.54 Å². The smallest absolute Gasteiger partial charge is 0.132 e. The van der Waals surface area contributed by atoms with Crippen molar-refractivity contribution in [1.82, 2.24) is 5.32 Å². The topological polar surface area (TPSA) is 21.3 Å². The molecule has 0 spiro atoms. The quantitative estimate of drug-likeness (QED) is 0.767. The highest BCUT2D eigenvalue weighted by Crippen LogP contribution is 2.34. The van der Waals surface area contributed by atoms with Crippen molar-refractivity contribution in [1.29, 1.82) is 0 Å². The van der Waals surface area contributed by atoms with Crippen LogP contribution in [0.25, 0.3) is 0 Å². The van der Waals surface area contributed by atoms with Gasteiger partial charge in [0.25, 0.3) is 0 Å². The molecule has 0 saturated carbocycles. The number of ether oxygens (including phenoxy) is 1. The maximum absolute atomic E-state index is 6.18. The zero-order valence-corrected chi connectivity index (χ0v) is 14.6. The number of hydrogen-bond donors (Lipinski definition) is 1. The van der Waals surface area contributed by atoms with Crippen molar-refractivity contribution in [3.63, 3.8) is 0 Å². The summed E-state index contributed by atoms with van der Waals surface area (Å²) in [6.45, 7) is 9.39. The molecule has 1 N–H and O–H groups in total. The lowest BCUT2D eigenvalue weighted by molar-refractivity contribution is 0.459. The molecule has 3 heteroatoms. The van der Waals surface area contributed by atoms with E-state index in [1.54, 1.807) is 0 Å². The Balaban J connectivity index is 2.37. The summed E-state index contributed by atoms with van der Waals surface area (Å²) in [6, 6.07) is 12.6. The molecule has 0 amide bonds. The van der Waals surface area contributed by atoms with Gasteiger partial charge in [-0.2, -0.15) is 0 Å². The average Bonchev–Trinajstić information content (AvgIpc) is 2.46. The summed E-state index contributed by atoms with van der Waals surface area (Å²) in [5.41, 5.74) is 3.58. The standard InChI is InChI=1S/C18H22BrNO/c1-5-20-14(4)16-11-15(19)9-10-18(16)21-17-8-6-7-12(2)13(17)3/h6-11,14,20H,5H2,1-4H3. The highest BCUT2D eigenvalue weighted by Gasteiger charge is 2.13. The van der Waals surface area contributed by atoms with Crippen LogP contribution in [0.5, 0.6) is 11.5 Å². The van der Waals surface area contributed by atoms with E-state index in [2.05, 4.69) is 61.1 Å². The summed E-state index contributed by atoms with van der Waals surface area (Å²) in [5, 5.41) is 3.44. The molecule has 2 rings (SSSR count). The zero-order valence-electron chi connectivity index (χ0n) is 13.0. The first kappa shape index (κ1) is 16.1. The molecule has 0 fully saturated rings. The SMILES string of the molecule is CCNC(C)c1cc(Br)ccc1Oc1cccc(C)c1C. The summed E-state index contributed by atoms with van der Waals surface area (Å²) in [6.07, 6.45) is 0. The monoisotopic (exact) mass is 347 g/mol. The van der Waals surface area contributed by atoms with Crippen molar-refractivity contribution >= 4 is 15.9 Å². The van der Waals surface area contributed by atoms with Crippen LogP contribution in [-0.2, 0) is 0 Å². The Morgan fingerprint density at radius 2 is 1.90 bits per heavy atom. The molecule has 2 nitrogen and oxygen atoms in total. The van der Waals surface area contributed by atoms with Gasteiger partial charge in [-0.3, -0.25) is 0 Å². The van der Waals surface area contributed by atoms with Crippen LogP contribution >= 0.6 is 15.9 Å². The molecule has 0 radical (unpaired) electrons. The molecule has 2 aromatic rings. The molecule has 1 atom stereocenters. The van der Waals surface area contributed by atoms with E-state index in [1.165, 1.54) is 11.1 Å². The van der Waals surface area contributed by atoms with Gasteiger partial charge < -0.3 is 10.1 Å². The highest BCUT2D eigenvalue weighted by atomic mass is 79.9. The molecule has 0 aliphatic carbocycles.